The Morgan fingerprint density at radius 1 is 1.33 bits per heavy atom. The fraction of sp³-hybridized carbons (Fsp3) is 0.571. The lowest BCUT2D eigenvalue weighted by Gasteiger charge is -2.20. The predicted molar refractivity (Wildman–Crippen MR) is 88.1 cm³/mol. The Hall–Kier alpha value is -0.820. The Morgan fingerprint density at radius 3 is 2.57 bits per heavy atom. The third-order valence-corrected chi connectivity index (χ3v) is 5.14. The molecular weight excluding hydrogens is 310 g/mol. The first-order chi connectivity index (χ1) is 9.74. The normalized spacial score (nSPS) is 12.3. The number of sulfonamides is 1. The number of hydrogen-bond acceptors (Lipinski definition) is 4. The Kier molecular flexibility index (Phi) is 6.93. The number of nitrogens with two attached hydrogens (primary N) is 1. The van der Waals surface area contributed by atoms with Crippen molar-refractivity contribution in [3.8, 4) is 0 Å². The van der Waals surface area contributed by atoms with Gasteiger partial charge in [-0.05, 0) is 58.5 Å². The molecule has 21 heavy (non-hydrogen) atoms. The SMILES string of the molecule is CC(C)N(C)CCCCNS(=O)(=O)c1ccc(Cl)cc1N. The number of hydrogen-bond donors (Lipinski definition) is 2. The molecule has 0 bridgehead atoms. The van der Waals surface area contributed by atoms with E-state index in [2.05, 4.69) is 30.5 Å². The Labute approximate surface area is 132 Å². The van der Waals surface area contributed by atoms with E-state index < -0.39 is 10.0 Å². The van der Waals surface area contributed by atoms with Gasteiger partial charge in [0.25, 0.3) is 0 Å². The van der Waals surface area contributed by atoms with Gasteiger partial charge in [0.2, 0.25) is 10.0 Å². The highest BCUT2D eigenvalue weighted by Gasteiger charge is 2.16. The molecule has 0 aromatic heterocycles. The third-order valence-electron chi connectivity index (χ3n) is 3.37. The number of unbranched alkanes of at least 4 members (excludes halogenated alkanes) is 1. The molecule has 0 saturated heterocycles. The van der Waals surface area contributed by atoms with Crippen molar-refractivity contribution in [3.05, 3.63) is 23.2 Å². The molecular formula is C14H24ClN3O2S. The second kappa shape index (κ2) is 7.98. The minimum atomic E-state index is -3.57. The number of rotatable bonds is 8. The highest BCUT2D eigenvalue weighted by Crippen LogP contribution is 2.22. The van der Waals surface area contributed by atoms with E-state index in [1.54, 1.807) is 0 Å². The highest BCUT2D eigenvalue weighted by atomic mass is 35.5. The van der Waals surface area contributed by atoms with Crippen molar-refractivity contribution in [1.82, 2.24) is 9.62 Å². The summed E-state index contributed by atoms with van der Waals surface area (Å²) in [6.07, 6.45) is 1.72. The molecule has 0 heterocycles. The van der Waals surface area contributed by atoms with Gasteiger partial charge in [0.05, 0.1) is 5.69 Å². The topological polar surface area (TPSA) is 75.4 Å². The van der Waals surface area contributed by atoms with Gasteiger partial charge >= 0.3 is 0 Å². The van der Waals surface area contributed by atoms with Crippen LogP contribution in [0.5, 0.6) is 0 Å². The number of nitrogens with one attached hydrogen (secondary N) is 1. The molecule has 0 aliphatic rings. The molecule has 0 unspecified atom stereocenters. The molecule has 0 aliphatic heterocycles. The van der Waals surface area contributed by atoms with E-state index in [1.807, 2.05) is 0 Å². The molecule has 120 valence electrons. The molecule has 0 fully saturated rings. The second-order valence-corrected chi connectivity index (χ2v) is 7.53. The van der Waals surface area contributed by atoms with E-state index in [-0.39, 0.29) is 10.6 Å². The van der Waals surface area contributed by atoms with Crippen molar-refractivity contribution in [2.45, 2.75) is 37.6 Å². The van der Waals surface area contributed by atoms with E-state index >= 15 is 0 Å². The van der Waals surface area contributed by atoms with Gasteiger partial charge in [-0.15, -0.1) is 0 Å². The number of anilines is 1. The van der Waals surface area contributed by atoms with Crippen LogP contribution < -0.4 is 10.5 Å². The Bertz CT molecular complexity index is 561. The van der Waals surface area contributed by atoms with Crippen molar-refractivity contribution in [2.24, 2.45) is 0 Å². The van der Waals surface area contributed by atoms with Crippen LogP contribution in [0.15, 0.2) is 23.1 Å². The summed E-state index contributed by atoms with van der Waals surface area (Å²) in [5, 5.41) is 0.420. The van der Waals surface area contributed by atoms with Crippen molar-refractivity contribution in [3.63, 3.8) is 0 Å². The van der Waals surface area contributed by atoms with Gasteiger partial charge in [0.15, 0.2) is 0 Å². The molecule has 0 aliphatic carbocycles. The van der Waals surface area contributed by atoms with Gasteiger partial charge in [0.1, 0.15) is 4.90 Å². The Balaban J connectivity index is 2.47. The summed E-state index contributed by atoms with van der Waals surface area (Å²) in [6, 6.07) is 4.88. The molecule has 1 rings (SSSR count). The molecule has 1 aromatic rings. The number of nitrogens with zero attached hydrogens (tertiary/aromatic N) is 1. The third kappa shape index (κ3) is 5.82. The van der Waals surface area contributed by atoms with Crippen molar-refractivity contribution in [2.75, 3.05) is 25.9 Å². The van der Waals surface area contributed by atoms with E-state index in [1.165, 1.54) is 18.2 Å². The van der Waals surface area contributed by atoms with Crippen molar-refractivity contribution >= 4 is 27.3 Å². The van der Waals surface area contributed by atoms with Gasteiger partial charge in [0, 0.05) is 17.6 Å². The monoisotopic (exact) mass is 333 g/mol. The van der Waals surface area contributed by atoms with Crippen LogP contribution in [0.4, 0.5) is 5.69 Å². The maximum atomic E-state index is 12.1. The van der Waals surface area contributed by atoms with Crippen LogP contribution in [-0.4, -0.2) is 39.5 Å². The summed E-state index contributed by atoms with van der Waals surface area (Å²) >= 11 is 5.77. The summed E-state index contributed by atoms with van der Waals surface area (Å²) in [5.41, 5.74) is 5.86. The van der Waals surface area contributed by atoms with Crippen LogP contribution in [-0.2, 0) is 10.0 Å². The first-order valence-electron chi connectivity index (χ1n) is 6.99. The van der Waals surface area contributed by atoms with Crippen molar-refractivity contribution < 1.29 is 8.42 Å². The van der Waals surface area contributed by atoms with Crippen LogP contribution in [0.3, 0.4) is 0 Å². The molecule has 0 spiro atoms. The van der Waals surface area contributed by atoms with E-state index in [9.17, 15) is 8.42 Å². The average molecular weight is 334 g/mol. The summed E-state index contributed by atoms with van der Waals surface area (Å²) in [5.74, 6) is 0. The molecule has 0 atom stereocenters. The number of nitrogen functional groups attached to an aromatic ring is 1. The van der Waals surface area contributed by atoms with Crippen LogP contribution in [0.1, 0.15) is 26.7 Å². The largest absolute Gasteiger partial charge is 0.398 e. The smallest absolute Gasteiger partial charge is 0.242 e. The summed E-state index contributed by atoms with van der Waals surface area (Å²) in [4.78, 5) is 2.30. The summed E-state index contributed by atoms with van der Waals surface area (Å²) < 4.78 is 26.8. The highest BCUT2D eigenvalue weighted by molar-refractivity contribution is 7.89. The number of halogens is 1. The van der Waals surface area contributed by atoms with E-state index in [4.69, 9.17) is 17.3 Å². The van der Waals surface area contributed by atoms with Crippen LogP contribution in [0.25, 0.3) is 0 Å². The molecule has 0 amide bonds. The maximum absolute atomic E-state index is 12.1. The molecule has 0 saturated carbocycles. The van der Waals surface area contributed by atoms with E-state index in [0.29, 0.717) is 17.6 Å². The lowest BCUT2D eigenvalue weighted by Crippen LogP contribution is -2.29. The Morgan fingerprint density at radius 2 is 2.00 bits per heavy atom. The maximum Gasteiger partial charge on any atom is 0.242 e. The average Bonchev–Trinajstić information content (AvgIpc) is 2.37. The van der Waals surface area contributed by atoms with E-state index in [0.717, 1.165) is 19.4 Å². The zero-order valence-corrected chi connectivity index (χ0v) is 14.3. The lowest BCUT2D eigenvalue weighted by atomic mass is 10.2. The first kappa shape index (κ1) is 18.2. The zero-order valence-electron chi connectivity index (χ0n) is 12.8. The van der Waals surface area contributed by atoms with Gasteiger partial charge in [-0.1, -0.05) is 11.6 Å². The number of benzene rings is 1. The van der Waals surface area contributed by atoms with Crippen LogP contribution >= 0.6 is 11.6 Å². The minimum absolute atomic E-state index is 0.0752. The van der Waals surface area contributed by atoms with Crippen LogP contribution in [0.2, 0.25) is 5.02 Å². The minimum Gasteiger partial charge on any atom is -0.398 e. The fourth-order valence-corrected chi connectivity index (χ4v) is 3.16. The molecule has 3 N–H and O–H groups in total. The van der Waals surface area contributed by atoms with Gasteiger partial charge in [-0.3, -0.25) is 0 Å². The zero-order chi connectivity index (χ0) is 16.0. The quantitative estimate of drug-likeness (QED) is 0.565. The fourth-order valence-electron chi connectivity index (χ4n) is 1.79. The standard InChI is InChI=1S/C14H24ClN3O2S/c1-11(2)18(3)9-5-4-8-17-21(19,20)14-7-6-12(15)10-13(14)16/h6-7,10-11,17H,4-5,8-9,16H2,1-3H3. The molecule has 0 radical (unpaired) electrons. The molecule has 1 aromatic carbocycles. The van der Waals surface area contributed by atoms with Gasteiger partial charge in [-0.25, -0.2) is 13.1 Å². The second-order valence-electron chi connectivity index (χ2n) is 5.36. The van der Waals surface area contributed by atoms with Gasteiger partial charge in [-0.2, -0.15) is 0 Å². The summed E-state index contributed by atoms with van der Waals surface area (Å²) in [6.45, 7) is 5.61. The van der Waals surface area contributed by atoms with Crippen LogP contribution in [0, 0.1) is 0 Å². The lowest BCUT2D eigenvalue weighted by molar-refractivity contribution is 0.268. The molecule has 7 heteroatoms. The van der Waals surface area contributed by atoms with Gasteiger partial charge < -0.3 is 10.6 Å². The molecule has 5 nitrogen and oxygen atoms in total. The predicted octanol–water partition coefficient (Wildman–Crippen LogP) is 2.32. The summed E-state index contributed by atoms with van der Waals surface area (Å²) in [7, 11) is -1.51. The van der Waals surface area contributed by atoms with Crippen molar-refractivity contribution in [1.29, 1.82) is 0 Å². The first-order valence-corrected chi connectivity index (χ1v) is 8.85.